The van der Waals surface area contributed by atoms with Gasteiger partial charge in [0, 0.05) is 16.4 Å². The molecule has 2 bridgehead atoms. The number of ether oxygens (including phenoxy) is 2. The number of alkyl halides is 1. The monoisotopic (exact) mass is 522 g/mol. The van der Waals surface area contributed by atoms with Crippen molar-refractivity contribution < 1.29 is 17.9 Å². The summed E-state index contributed by atoms with van der Waals surface area (Å²) < 4.78 is 37.4. The molecule has 1 N–H and O–H groups in total. The molecule has 3 aliphatic rings. The van der Waals surface area contributed by atoms with E-state index in [4.69, 9.17) is 39.2 Å². The van der Waals surface area contributed by atoms with Gasteiger partial charge in [0.25, 0.3) is 0 Å². The second-order valence-electron chi connectivity index (χ2n) is 10.1. The fourth-order valence-corrected chi connectivity index (χ4v) is 6.68. The zero-order chi connectivity index (χ0) is 24.8. The highest BCUT2D eigenvalue weighted by molar-refractivity contribution is 7.88. The SMILES string of the molecule is [C-]#[N+]c1cc(C(C)(C)c2ccc(OCC34CC(NS(C)(=O)=O)(C3)C4)cc2)cc(Cl)c1OCCCl. The van der Waals surface area contributed by atoms with E-state index < -0.39 is 15.4 Å². The number of nitrogens with one attached hydrogen (secondary N) is 1. The molecule has 6 nitrogen and oxygen atoms in total. The van der Waals surface area contributed by atoms with Gasteiger partial charge in [0.1, 0.15) is 11.5 Å². The van der Waals surface area contributed by atoms with E-state index in [9.17, 15) is 8.42 Å². The number of benzene rings is 2. The average molecular weight is 523 g/mol. The molecule has 3 saturated carbocycles. The summed E-state index contributed by atoms with van der Waals surface area (Å²) in [5.41, 5.74) is 1.76. The Balaban J connectivity index is 1.42. The molecule has 0 unspecified atom stereocenters. The van der Waals surface area contributed by atoms with Crippen LogP contribution in [0.25, 0.3) is 4.85 Å². The maximum atomic E-state index is 11.5. The lowest BCUT2D eigenvalue weighted by atomic mass is 9.40. The molecule has 2 aromatic carbocycles. The van der Waals surface area contributed by atoms with Crippen LogP contribution >= 0.6 is 23.2 Å². The van der Waals surface area contributed by atoms with Crippen LogP contribution in [0.3, 0.4) is 0 Å². The van der Waals surface area contributed by atoms with E-state index in [0.29, 0.717) is 28.9 Å². The zero-order valence-corrected chi connectivity index (χ0v) is 21.8. The molecule has 0 radical (unpaired) electrons. The molecule has 0 amide bonds. The third-order valence-electron chi connectivity index (χ3n) is 6.85. The largest absolute Gasteiger partial charge is 0.502 e. The fourth-order valence-electron chi connectivity index (χ4n) is 5.33. The molecule has 5 rings (SSSR count). The Kier molecular flexibility index (Phi) is 6.58. The van der Waals surface area contributed by atoms with Crippen LogP contribution in [-0.4, -0.2) is 39.3 Å². The Bertz CT molecular complexity index is 1220. The lowest BCUT2D eigenvalue weighted by Gasteiger charge is -2.69. The molecular weight excluding hydrogens is 495 g/mol. The second-order valence-corrected chi connectivity index (χ2v) is 12.6. The molecule has 34 heavy (non-hydrogen) atoms. The Morgan fingerprint density at radius 2 is 1.76 bits per heavy atom. The van der Waals surface area contributed by atoms with Crippen LogP contribution in [0.2, 0.25) is 5.02 Å². The van der Waals surface area contributed by atoms with Gasteiger partial charge in [-0.3, -0.25) is 0 Å². The van der Waals surface area contributed by atoms with Crippen LogP contribution in [0.15, 0.2) is 36.4 Å². The molecule has 9 heteroatoms. The standard InChI is InChI=1S/C25H28Cl2N2O4S/c1-23(2,18-11-20(27)22(32-10-9-26)21(12-18)28-3)17-5-7-19(8-6-17)33-16-24-13-25(14-24,15-24)29-34(4,30)31/h5-8,11-12,29H,9-10,13-16H2,1-2,4H3. The molecule has 182 valence electrons. The highest BCUT2D eigenvalue weighted by Gasteiger charge is 2.69. The second kappa shape index (κ2) is 8.91. The van der Waals surface area contributed by atoms with Crippen LogP contribution in [0, 0.1) is 12.0 Å². The van der Waals surface area contributed by atoms with Gasteiger partial charge < -0.3 is 9.47 Å². The molecule has 0 atom stereocenters. The van der Waals surface area contributed by atoms with E-state index in [0.717, 1.165) is 36.1 Å². The van der Waals surface area contributed by atoms with Crippen LogP contribution in [0.1, 0.15) is 44.2 Å². The van der Waals surface area contributed by atoms with E-state index in [2.05, 4.69) is 23.4 Å². The first-order valence-corrected chi connectivity index (χ1v) is 13.8. The van der Waals surface area contributed by atoms with Crippen molar-refractivity contribution in [2.45, 2.75) is 44.1 Å². The van der Waals surface area contributed by atoms with Gasteiger partial charge in [-0.1, -0.05) is 37.6 Å². The van der Waals surface area contributed by atoms with E-state index in [1.165, 1.54) is 6.26 Å². The van der Waals surface area contributed by atoms with Crippen molar-refractivity contribution in [3.63, 3.8) is 0 Å². The van der Waals surface area contributed by atoms with Crippen LogP contribution < -0.4 is 14.2 Å². The topological polar surface area (TPSA) is 69.0 Å². The Morgan fingerprint density at radius 3 is 2.32 bits per heavy atom. The van der Waals surface area contributed by atoms with Crippen LogP contribution in [-0.2, 0) is 15.4 Å². The lowest BCUT2D eigenvalue weighted by Crippen LogP contribution is -2.76. The maximum Gasteiger partial charge on any atom is 0.229 e. The smallest absolute Gasteiger partial charge is 0.229 e. The van der Waals surface area contributed by atoms with E-state index in [1.54, 1.807) is 0 Å². The minimum absolute atomic E-state index is 0.0792. The van der Waals surface area contributed by atoms with Crippen molar-refractivity contribution in [2.24, 2.45) is 5.41 Å². The number of nitrogens with zero attached hydrogens (tertiary/aromatic N) is 1. The van der Waals surface area contributed by atoms with Gasteiger partial charge in [-0.2, -0.15) is 0 Å². The van der Waals surface area contributed by atoms with Crippen molar-refractivity contribution in [1.29, 1.82) is 0 Å². The lowest BCUT2D eigenvalue weighted by molar-refractivity contribution is -0.162. The van der Waals surface area contributed by atoms with Gasteiger partial charge in [-0.25, -0.2) is 18.0 Å². The summed E-state index contributed by atoms with van der Waals surface area (Å²) in [6.45, 7) is 12.6. The maximum absolute atomic E-state index is 11.5. The minimum atomic E-state index is -3.18. The highest BCUT2D eigenvalue weighted by atomic mass is 35.5. The molecule has 0 aromatic heterocycles. The molecule has 0 aliphatic heterocycles. The number of rotatable bonds is 10. The molecular formula is C25H28Cl2N2O4S. The number of hydrogen-bond acceptors (Lipinski definition) is 4. The summed E-state index contributed by atoms with van der Waals surface area (Å²) in [7, 11) is -3.18. The number of hydrogen-bond donors (Lipinski definition) is 1. The molecule has 0 spiro atoms. The summed E-state index contributed by atoms with van der Waals surface area (Å²) >= 11 is 12.2. The van der Waals surface area contributed by atoms with Gasteiger partial charge in [0.2, 0.25) is 15.7 Å². The average Bonchev–Trinajstić information content (AvgIpc) is 2.72. The summed E-state index contributed by atoms with van der Waals surface area (Å²) in [5.74, 6) is 1.46. The van der Waals surface area contributed by atoms with Crippen LogP contribution in [0.4, 0.5) is 5.69 Å². The summed E-state index contributed by atoms with van der Waals surface area (Å²) in [6.07, 6.45) is 3.69. The molecule has 0 heterocycles. The number of sulfonamides is 1. The van der Waals surface area contributed by atoms with Crippen molar-refractivity contribution in [1.82, 2.24) is 4.72 Å². The van der Waals surface area contributed by atoms with E-state index >= 15 is 0 Å². The molecule has 3 aliphatic carbocycles. The fraction of sp³-hybridized carbons (Fsp3) is 0.480. The van der Waals surface area contributed by atoms with Crippen molar-refractivity contribution in [3.05, 3.63) is 64.0 Å². The van der Waals surface area contributed by atoms with Gasteiger partial charge in [-0.15, -0.1) is 11.6 Å². The predicted molar refractivity (Wildman–Crippen MR) is 135 cm³/mol. The van der Waals surface area contributed by atoms with Crippen molar-refractivity contribution >= 4 is 38.9 Å². The predicted octanol–water partition coefficient (Wildman–Crippen LogP) is 5.68. The zero-order valence-electron chi connectivity index (χ0n) is 19.5. The van der Waals surface area contributed by atoms with Crippen molar-refractivity contribution in [3.8, 4) is 11.5 Å². The first-order chi connectivity index (χ1) is 15.9. The Labute approximate surface area is 211 Å². The third-order valence-corrected chi connectivity index (χ3v) is 8.09. The third kappa shape index (κ3) is 4.87. The summed E-state index contributed by atoms with van der Waals surface area (Å²) in [6, 6.07) is 11.6. The van der Waals surface area contributed by atoms with Gasteiger partial charge in [0.15, 0.2) is 0 Å². The quantitative estimate of drug-likeness (QED) is 0.321. The van der Waals surface area contributed by atoms with Gasteiger partial charge in [-0.05, 0) is 54.7 Å². The highest BCUT2D eigenvalue weighted by Crippen LogP contribution is 2.67. The Morgan fingerprint density at radius 1 is 1.12 bits per heavy atom. The molecule has 0 saturated heterocycles. The van der Waals surface area contributed by atoms with Gasteiger partial charge >= 0.3 is 0 Å². The van der Waals surface area contributed by atoms with Crippen LogP contribution in [0.5, 0.6) is 11.5 Å². The number of halogens is 2. The normalized spacial score (nSPS) is 23.4. The van der Waals surface area contributed by atoms with E-state index in [-0.39, 0.29) is 17.6 Å². The van der Waals surface area contributed by atoms with Gasteiger partial charge in [0.05, 0.1) is 36.9 Å². The molecule has 2 aromatic rings. The van der Waals surface area contributed by atoms with E-state index in [1.807, 2.05) is 36.4 Å². The first kappa shape index (κ1) is 25.1. The minimum Gasteiger partial charge on any atom is -0.502 e. The first-order valence-electron chi connectivity index (χ1n) is 11.0. The Hall–Kier alpha value is -1.98. The summed E-state index contributed by atoms with van der Waals surface area (Å²) in [5, 5.41) is 0.392. The summed E-state index contributed by atoms with van der Waals surface area (Å²) in [4.78, 5) is 3.59. The van der Waals surface area contributed by atoms with Crippen molar-refractivity contribution in [2.75, 3.05) is 25.3 Å². The molecule has 3 fully saturated rings.